The molecular weight excluding hydrogens is 176 g/mol. The highest BCUT2D eigenvalue weighted by Gasteiger charge is 2.25. The molecule has 1 aromatic rings. The topological polar surface area (TPSA) is 67.6 Å². The maximum Gasteiger partial charge on any atom is 0.140 e. The van der Waals surface area contributed by atoms with Crippen molar-refractivity contribution in [3.05, 3.63) is 11.8 Å². The molecule has 14 heavy (non-hydrogen) atoms. The zero-order valence-corrected chi connectivity index (χ0v) is 8.27. The number of rotatable bonds is 1. The van der Waals surface area contributed by atoms with Gasteiger partial charge in [-0.15, -0.1) is 0 Å². The summed E-state index contributed by atoms with van der Waals surface area (Å²) in [5.74, 6) is 1.26. The van der Waals surface area contributed by atoms with Crippen molar-refractivity contribution in [2.45, 2.75) is 32.2 Å². The highest BCUT2D eigenvalue weighted by Crippen LogP contribution is 2.35. The minimum absolute atomic E-state index is 0.395. The van der Waals surface area contributed by atoms with Crippen LogP contribution in [0.1, 0.15) is 37.8 Å². The summed E-state index contributed by atoms with van der Waals surface area (Å²) in [6, 6.07) is 2.44. The smallest absolute Gasteiger partial charge is 0.140 e. The third-order valence-corrected chi connectivity index (χ3v) is 2.97. The first kappa shape index (κ1) is 9.07. The lowest BCUT2D eigenvalue weighted by atomic mass is 10.1. The molecule has 0 bridgehead atoms. The van der Waals surface area contributed by atoms with Gasteiger partial charge in [0, 0.05) is 0 Å². The number of hydrogen-bond donors (Lipinski definition) is 1. The van der Waals surface area contributed by atoms with E-state index < -0.39 is 0 Å². The quantitative estimate of drug-likeness (QED) is 0.732. The zero-order chi connectivity index (χ0) is 10.1. The molecular formula is C10H14N4. The second kappa shape index (κ2) is 3.33. The standard InChI is InChI=1S/C10H14N4/c1-7-2-3-9(4-7)14-10(12)8(5-11)6-13-14/h6-7,9H,2-4,12H2,1H3. The Morgan fingerprint density at radius 3 is 2.93 bits per heavy atom. The van der Waals surface area contributed by atoms with Gasteiger partial charge in [-0.3, -0.25) is 0 Å². The van der Waals surface area contributed by atoms with Gasteiger partial charge in [-0.2, -0.15) is 10.4 Å². The summed E-state index contributed by atoms with van der Waals surface area (Å²) in [6.07, 6.45) is 5.03. The van der Waals surface area contributed by atoms with Crippen LogP contribution < -0.4 is 5.73 Å². The highest BCUT2D eigenvalue weighted by atomic mass is 15.3. The summed E-state index contributed by atoms with van der Waals surface area (Å²) in [4.78, 5) is 0. The van der Waals surface area contributed by atoms with Crippen LogP contribution in [0.4, 0.5) is 5.82 Å². The summed E-state index contributed by atoms with van der Waals surface area (Å²) in [5.41, 5.74) is 6.31. The number of aromatic nitrogens is 2. The van der Waals surface area contributed by atoms with Gasteiger partial charge in [0.25, 0.3) is 0 Å². The molecule has 0 aromatic carbocycles. The predicted octanol–water partition coefficient (Wildman–Crippen LogP) is 1.70. The first-order valence-corrected chi connectivity index (χ1v) is 4.95. The summed E-state index contributed by atoms with van der Waals surface area (Å²) in [6.45, 7) is 2.24. The van der Waals surface area contributed by atoms with Crippen LogP contribution >= 0.6 is 0 Å². The molecule has 4 nitrogen and oxygen atoms in total. The molecule has 0 aliphatic heterocycles. The summed E-state index contributed by atoms with van der Waals surface area (Å²) < 4.78 is 1.81. The molecule has 1 aliphatic carbocycles. The van der Waals surface area contributed by atoms with Gasteiger partial charge in [-0.05, 0) is 25.2 Å². The molecule has 0 amide bonds. The predicted molar refractivity (Wildman–Crippen MR) is 53.4 cm³/mol. The van der Waals surface area contributed by atoms with E-state index in [1.165, 1.54) is 6.42 Å². The van der Waals surface area contributed by atoms with Crippen molar-refractivity contribution in [3.8, 4) is 6.07 Å². The van der Waals surface area contributed by atoms with Crippen molar-refractivity contribution in [1.29, 1.82) is 5.26 Å². The molecule has 2 N–H and O–H groups in total. The van der Waals surface area contributed by atoms with E-state index in [9.17, 15) is 0 Å². The Balaban J connectivity index is 2.25. The SMILES string of the molecule is CC1CCC(n2ncc(C#N)c2N)C1. The third kappa shape index (κ3) is 1.35. The lowest BCUT2D eigenvalue weighted by molar-refractivity contribution is 0.456. The van der Waals surface area contributed by atoms with E-state index in [2.05, 4.69) is 12.0 Å². The molecule has 4 heteroatoms. The summed E-state index contributed by atoms with van der Waals surface area (Å²) in [5, 5.41) is 12.9. The molecule has 1 aliphatic rings. The number of anilines is 1. The Morgan fingerprint density at radius 2 is 2.43 bits per heavy atom. The van der Waals surface area contributed by atoms with Crippen LogP contribution in [0.5, 0.6) is 0 Å². The fourth-order valence-electron chi connectivity index (χ4n) is 2.15. The molecule has 1 heterocycles. The lowest BCUT2D eigenvalue weighted by Gasteiger charge is -2.11. The van der Waals surface area contributed by atoms with Crippen molar-refractivity contribution in [2.75, 3.05) is 5.73 Å². The molecule has 0 saturated heterocycles. The second-order valence-corrected chi connectivity index (χ2v) is 4.07. The Hall–Kier alpha value is -1.50. The number of nitrogen functional groups attached to an aromatic ring is 1. The fourth-order valence-corrected chi connectivity index (χ4v) is 2.15. The van der Waals surface area contributed by atoms with Gasteiger partial charge in [-0.25, -0.2) is 4.68 Å². The Kier molecular flexibility index (Phi) is 2.16. The molecule has 0 spiro atoms. The summed E-state index contributed by atoms with van der Waals surface area (Å²) >= 11 is 0. The first-order valence-electron chi connectivity index (χ1n) is 4.95. The van der Waals surface area contributed by atoms with Gasteiger partial charge in [0.05, 0.1) is 12.2 Å². The van der Waals surface area contributed by atoms with Crippen molar-refractivity contribution < 1.29 is 0 Å². The summed E-state index contributed by atoms with van der Waals surface area (Å²) in [7, 11) is 0. The Labute approximate surface area is 83.3 Å². The van der Waals surface area contributed by atoms with E-state index in [-0.39, 0.29) is 0 Å². The Morgan fingerprint density at radius 1 is 1.64 bits per heavy atom. The van der Waals surface area contributed by atoms with Crippen LogP contribution in [-0.4, -0.2) is 9.78 Å². The van der Waals surface area contributed by atoms with Crippen LogP contribution in [0.3, 0.4) is 0 Å². The number of nitrogens with zero attached hydrogens (tertiary/aromatic N) is 3. The van der Waals surface area contributed by atoms with E-state index in [0.717, 1.165) is 18.8 Å². The average molecular weight is 190 g/mol. The van der Waals surface area contributed by atoms with E-state index in [1.54, 1.807) is 6.20 Å². The molecule has 2 atom stereocenters. The maximum absolute atomic E-state index is 8.74. The van der Waals surface area contributed by atoms with Gasteiger partial charge in [0.2, 0.25) is 0 Å². The van der Waals surface area contributed by atoms with Gasteiger partial charge < -0.3 is 5.73 Å². The first-order chi connectivity index (χ1) is 6.72. The molecule has 74 valence electrons. The zero-order valence-electron chi connectivity index (χ0n) is 8.27. The van der Waals surface area contributed by atoms with Crippen LogP contribution in [0, 0.1) is 17.2 Å². The average Bonchev–Trinajstić information content (AvgIpc) is 2.72. The van der Waals surface area contributed by atoms with E-state index in [1.807, 2.05) is 10.8 Å². The monoisotopic (exact) mass is 190 g/mol. The normalized spacial score (nSPS) is 26.3. The van der Waals surface area contributed by atoms with Crippen LogP contribution in [-0.2, 0) is 0 Å². The van der Waals surface area contributed by atoms with Crippen molar-refractivity contribution in [2.24, 2.45) is 5.92 Å². The number of nitrogens with two attached hydrogens (primary N) is 1. The van der Waals surface area contributed by atoms with E-state index in [0.29, 0.717) is 17.4 Å². The number of nitriles is 1. The maximum atomic E-state index is 8.74. The minimum atomic E-state index is 0.395. The molecule has 1 fully saturated rings. The van der Waals surface area contributed by atoms with Crippen LogP contribution in [0.25, 0.3) is 0 Å². The minimum Gasteiger partial charge on any atom is -0.383 e. The molecule has 0 radical (unpaired) electrons. The van der Waals surface area contributed by atoms with Gasteiger partial charge in [0.1, 0.15) is 17.5 Å². The van der Waals surface area contributed by atoms with E-state index >= 15 is 0 Å². The van der Waals surface area contributed by atoms with Gasteiger partial charge in [0.15, 0.2) is 0 Å². The molecule has 1 aromatic heterocycles. The van der Waals surface area contributed by atoms with Gasteiger partial charge >= 0.3 is 0 Å². The van der Waals surface area contributed by atoms with Gasteiger partial charge in [-0.1, -0.05) is 6.92 Å². The molecule has 1 saturated carbocycles. The second-order valence-electron chi connectivity index (χ2n) is 4.07. The lowest BCUT2D eigenvalue weighted by Crippen LogP contribution is -2.10. The highest BCUT2D eigenvalue weighted by molar-refractivity contribution is 5.47. The van der Waals surface area contributed by atoms with Crippen LogP contribution in [0.15, 0.2) is 6.20 Å². The molecule has 2 rings (SSSR count). The Bertz CT molecular complexity index is 374. The van der Waals surface area contributed by atoms with Crippen molar-refractivity contribution in [1.82, 2.24) is 9.78 Å². The fraction of sp³-hybridized carbons (Fsp3) is 0.600. The largest absolute Gasteiger partial charge is 0.383 e. The number of hydrogen-bond acceptors (Lipinski definition) is 3. The van der Waals surface area contributed by atoms with Crippen molar-refractivity contribution >= 4 is 5.82 Å². The van der Waals surface area contributed by atoms with E-state index in [4.69, 9.17) is 11.0 Å². The molecule has 2 unspecified atom stereocenters. The van der Waals surface area contributed by atoms with Crippen molar-refractivity contribution in [3.63, 3.8) is 0 Å². The van der Waals surface area contributed by atoms with Crippen LogP contribution in [0.2, 0.25) is 0 Å². The third-order valence-electron chi connectivity index (χ3n) is 2.97.